The quantitative estimate of drug-likeness (QED) is 0.724. The van der Waals surface area contributed by atoms with Crippen molar-refractivity contribution in [3.05, 3.63) is 59.4 Å². The van der Waals surface area contributed by atoms with Crippen LogP contribution in [-0.2, 0) is 6.42 Å². The summed E-state index contributed by atoms with van der Waals surface area (Å²) in [6.45, 7) is 4.61. The SMILES string of the molecule is COc1ccc(CCOn2c(C)nc3ccccc32)cc1C. The molecule has 0 atom stereocenters. The van der Waals surface area contributed by atoms with E-state index < -0.39 is 0 Å². The highest BCUT2D eigenvalue weighted by atomic mass is 16.7. The van der Waals surface area contributed by atoms with Crippen molar-refractivity contribution < 1.29 is 9.57 Å². The molecule has 4 nitrogen and oxygen atoms in total. The van der Waals surface area contributed by atoms with Crippen LogP contribution in [0.15, 0.2) is 42.5 Å². The highest BCUT2D eigenvalue weighted by molar-refractivity contribution is 5.75. The summed E-state index contributed by atoms with van der Waals surface area (Å²) >= 11 is 0. The van der Waals surface area contributed by atoms with Gasteiger partial charge >= 0.3 is 0 Å². The lowest BCUT2D eigenvalue weighted by atomic mass is 10.1. The van der Waals surface area contributed by atoms with Gasteiger partial charge in [0.25, 0.3) is 0 Å². The summed E-state index contributed by atoms with van der Waals surface area (Å²) in [5.41, 5.74) is 4.34. The van der Waals surface area contributed by atoms with Gasteiger partial charge in [-0.1, -0.05) is 24.3 Å². The lowest BCUT2D eigenvalue weighted by Gasteiger charge is -2.10. The Kier molecular flexibility index (Phi) is 4.00. The number of imidazole rings is 1. The van der Waals surface area contributed by atoms with Crippen molar-refractivity contribution >= 4 is 11.0 Å². The Labute approximate surface area is 130 Å². The van der Waals surface area contributed by atoms with Crippen molar-refractivity contribution in [2.75, 3.05) is 13.7 Å². The van der Waals surface area contributed by atoms with Crippen LogP contribution in [0, 0.1) is 13.8 Å². The number of benzene rings is 2. The summed E-state index contributed by atoms with van der Waals surface area (Å²) in [5.74, 6) is 1.79. The predicted molar refractivity (Wildman–Crippen MR) is 87.4 cm³/mol. The number of para-hydroxylation sites is 2. The molecule has 0 aliphatic heterocycles. The highest BCUT2D eigenvalue weighted by Crippen LogP contribution is 2.19. The van der Waals surface area contributed by atoms with E-state index in [-0.39, 0.29) is 0 Å². The van der Waals surface area contributed by atoms with Crippen LogP contribution in [0.4, 0.5) is 0 Å². The average molecular weight is 296 g/mol. The first kappa shape index (κ1) is 14.4. The number of rotatable bonds is 5. The van der Waals surface area contributed by atoms with Crippen molar-refractivity contribution in [1.82, 2.24) is 9.71 Å². The Morgan fingerprint density at radius 2 is 1.91 bits per heavy atom. The standard InChI is InChI=1S/C18H20N2O2/c1-13-12-15(8-9-18(13)21-3)10-11-22-20-14(2)19-16-6-4-5-7-17(16)20/h4-9,12H,10-11H2,1-3H3. The van der Waals surface area contributed by atoms with Crippen LogP contribution < -0.4 is 9.57 Å². The molecule has 3 aromatic rings. The third-order valence-electron chi connectivity index (χ3n) is 3.75. The van der Waals surface area contributed by atoms with Crippen LogP contribution in [0.25, 0.3) is 11.0 Å². The smallest absolute Gasteiger partial charge is 0.143 e. The van der Waals surface area contributed by atoms with Gasteiger partial charge in [-0.15, -0.1) is 0 Å². The van der Waals surface area contributed by atoms with Gasteiger partial charge in [0, 0.05) is 6.42 Å². The van der Waals surface area contributed by atoms with Gasteiger partial charge in [-0.3, -0.25) is 0 Å². The Morgan fingerprint density at radius 3 is 2.68 bits per heavy atom. The third-order valence-corrected chi connectivity index (χ3v) is 3.75. The minimum absolute atomic E-state index is 0.604. The first-order valence-corrected chi connectivity index (χ1v) is 7.40. The molecule has 1 aromatic heterocycles. The normalized spacial score (nSPS) is 10.9. The zero-order chi connectivity index (χ0) is 15.5. The number of methoxy groups -OCH3 is 1. The van der Waals surface area contributed by atoms with Gasteiger partial charge in [0.1, 0.15) is 23.7 Å². The van der Waals surface area contributed by atoms with Gasteiger partial charge in [-0.05, 0) is 43.2 Å². The third kappa shape index (κ3) is 2.77. The summed E-state index contributed by atoms with van der Waals surface area (Å²) < 4.78 is 7.09. The molecule has 0 bridgehead atoms. The number of hydrogen-bond acceptors (Lipinski definition) is 3. The van der Waals surface area contributed by atoms with Crippen molar-refractivity contribution in [2.45, 2.75) is 20.3 Å². The average Bonchev–Trinajstić information content (AvgIpc) is 2.83. The van der Waals surface area contributed by atoms with Gasteiger partial charge < -0.3 is 9.57 Å². The summed E-state index contributed by atoms with van der Waals surface area (Å²) in [6.07, 6.45) is 0.844. The topological polar surface area (TPSA) is 36.3 Å². The molecule has 0 N–H and O–H groups in total. The molecule has 0 aliphatic carbocycles. The maximum atomic E-state index is 5.91. The zero-order valence-corrected chi connectivity index (χ0v) is 13.2. The molecule has 0 radical (unpaired) electrons. The van der Waals surface area contributed by atoms with Crippen LogP contribution >= 0.6 is 0 Å². The lowest BCUT2D eigenvalue weighted by molar-refractivity contribution is 0.117. The van der Waals surface area contributed by atoms with Crippen LogP contribution in [0.2, 0.25) is 0 Å². The zero-order valence-electron chi connectivity index (χ0n) is 13.2. The van der Waals surface area contributed by atoms with Crippen LogP contribution in [-0.4, -0.2) is 23.4 Å². The molecule has 1 heterocycles. The number of aryl methyl sites for hydroxylation is 2. The molecule has 0 fully saturated rings. The van der Waals surface area contributed by atoms with Crippen molar-refractivity contribution in [1.29, 1.82) is 0 Å². The molecule has 0 spiro atoms. The van der Waals surface area contributed by atoms with E-state index in [4.69, 9.17) is 9.57 Å². The first-order valence-electron chi connectivity index (χ1n) is 7.40. The largest absolute Gasteiger partial charge is 0.496 e. The molecular formula is C18H20N2O2. The van der Waals surface area contributed by atoms with Crippen LogP contribution in [0.1, 0.15) is 17.0 Å². The van der Waals surface area contributed by atoms with Gasteiger partial charge in [-0.25, -0.2) is 4.98 Å². The number of fused-ring (bicyclic) bond motifs is 1. The lowest BCUT2D eigenvalue weighted by Crippen LogP contribution is -2.15. The summed E-state index contributed by atoms with van der Waals surface area (Å²) in [6, 6.07) is 14.2. The van der Waals surface area contributed by atoms with E-state index in [0.717, 1.165) is 34.6 Å². The maximum absolute atomic E-state index is 5.91. The van der Waals surface area contributed by atoms with E-state index >= 15 is 0 Å². The fraction of sp³-hybridized carbons (Fsp3) is 0.278. The molecule has 0 saturated heterocycles. The summed E-state index contributed by atoms with van der Waals surface area (Å²) in [7, 11) is 1.69. The second-order valence-corrected chi connectivity index (χ2v) is 5.33. The minimum Gasteiger partial charge on any atom is -0.496 e. The minimum atomic E-state index is 0.604. The Bertz CT molecular complexity index is 793. The van der Waals surface area contributed by atoms with E-state index in [1.807, 2.05) is 42.0 Å². The van der Waals surface area contributed by atoms with E-state index in [9.17, 15) is 0 Å². The van der Waals surface area contributed by atoms with E-state index in [1.165, 1.54) is 5.56 Å². The second kappa shape index (κ2) is 6.10. The van der Waals surface area contributed by atoms with E-state index in [2.05, 4.69) is 24.0 Å². The predicted octanol–water partition coefficient (Wildman–Crippen LogP) is 3.33. The van der Waals surface area contributed by atoms with E-state index in [1.54, 1.807) is 7.11 Å². The summed E-state index contributed by atoms with van der Waals surface area (Å²) in [5, 5.41) is 0. The van der Waals surface area contributed by atoms with Gasteiger partial charge in [-0.2, -0.15) is 4.73 Å². The van der Waals surface area contributed by atoms with Crippen molar-refractivity contribution in [3.8, 4) is 5.75 Å². The number of aromatic nitrogens is 2. The molecule has 3 rings (SSSR count). The molecule has 0 saturated carbocycles. The fourth-order valence-electron chi connectivity index (χ4n) is 2.64. The Morgan fingerprint density at radius 1 is 1.09 bits per heavy atom. The monoisotopic (exact) mass is 296 g/mol. The molecule has 0 aliphatic rings. The Balaban J connectivity index is 1.70. The van der Waals surface area contributed by atoms with Gasteiger partial charge in [0.05, 0.1) is 12.6 Å². The molecule has 114 valence electrons. The van der Waals surface area contributed by atoms with Crippen molar-refractivity contribution in [3.63, 3.8) is 0 Å². The second-order valence-electron chi connectivity index (χ2n) is 5.33. The highest BCUT2D eigenvalue weighted by Gasteiger charge is 2.07. The number of nitrogens with zero attached hydrogens (tertiary/aromatic N) is 2. The van der Waals surface area contributed by atoms with Crippen molar-refractivity contribution in [2.24, 2.45) is 0 Å². The van der Waals surface area contributed by atoms with E-state index in [0.29, 0.717) is 6.61 Å². The molecule has 2 aromatic carbocycles. The molecular weight excluding hydrogens is 276 g/mol. The molecule has 22 heavy (non-hydrogen) atoms. The number of ether oxygens (including phenoxy) is 1. The molecule has 0 amide bonds. The first-order chi connectivity index (χ1) is 10.7. The fourth-order valence-corrected chi connectivity index (χ4v) is 2.64. The van der Waals surface area contributed by atoms with Crippen LogP contribution in [0.3, 0.4) is 0 Å². The van der Waals surface area contributed by atoms with Gasteiger partial charge in [0.15, 0.2) is 0 Å². The Hall–Kier alpha value is -2.49. The van der Waals surface area contributed by atoms with Crippen LogP contribution in [0.5, 0.6) is 5.75 Å². The maximum Gasteiger partial charge on any atom is 0.143 e. The number of hydrogen-bond donors (Lipinski definition) is 0. The molecule has 0 unspecified atom stereocenters. The summed E-state index contributed by atoms with van der Waals surface area (Å²) in [4.78, 5) is 10.4. The molecule has 4 heteroatoms. The van der Waals surface area contributed by atoms with Gasteiger partial charge in [0.2, 0.25) is 0 Å².